The molecule has 2 aromatic rings. The highest BCUT2D eigenvalue weighted by molar-refractivity contribution is 6.30. The Morgan fingerprint density at radius 3 is 2.96 bits per heavy atom. The van der Waals surface area contributed by atoms with Crippen LogP contribution in [0.3, 0.4) is 0 Å². The highest BCUT2D eigenvalue weighted by Crippen LogP contribution is 2.44. The zero-order valence-corrected chi connectivity index (χ0v) is 13.1. The Morgan fingerprint density at radius 1 is 1.35 bits per heavy atom. The number of nitrogens with two attached hydrogens (primary N) is 1. The van der Waals surface area contributed by atoms with Crippen LogP contribution in [0.25, 0.3) is 0 Å². The van der Waals surface area contributed by atoms with Gasteiger partial charge in [-0.1, -0.05) is 23.7 Å². The third-order valence-electron chi connectivity index (χ3n) is 4.80. The molecule has 4 rings (SSSR count). The van der Waals surface area contributed by atoms with Crippen molar-refractivity contribution in [3.05, 3.63) is 63.4 Å². The van der Waals surface area contributed by atoms with Gasteiger partial charge in [-0.2, -0.15) is 0 Å². The zero-order chi connectivity index (χ0) is 16.1. The Kier molecular flexibility index (Phi) is 3.31. The van der Waals surface area contributed by atoms with Gasteiger partial charge in [-0.3, -0.25) is 4.79 Å². The lowest BCUT2D eigenvalue weighted by Crippen LogP contribution is -2.22. The minimum absolute atomic E-state index is 0.0753. The number of halogens is 2. The van der Waals surface area contributed by atoms with Gasteiger partial charge >= 0.3 is 0 Å². The summed E-state index contributed by atoms with van der Waals surface area (Å²) in [6, 6.07) is 8.61. The number of carbonyl (C=O) groups is 1. The molecule has 3 nitrogen and oxygen atoms in total. The van der Waals surface area contributed by atoms with E-state index in [0.29, 0.717) is 29.2 Å². The predicted octanol–water partition coefficient (Wildman–Crippen LogP) is 3.61. The molecule has 0 fully saturated rings. The first-order chi connectivity index (χ1) is 11.0. The van der Waals surface area contributed by atoms with Crippen LogP contribution < -0.4 is 10.5 Å². The summed E-state index contributed by atoms with van der Waals surface area (Å²) >= 11 is 6.01. The van der Waals surface area contributed by atoms with Crippen molar-refractivity contribution >= 4 is 17.5 Å². The number of hydrogen-bond donors (Lipinski definition) is 1. The summed E-state index contributed by atoms with van der Waals surface area (Å²) in [6.45, 7) is 0. The van der Waals surface area contributed by atoms with Gasteiger partial charge in [0.25, 0.3) is 5.91 Å². The minimum atomic E-state index is -0.497. The molecule has 1 aliphatic carbocycles. The lowest BCUT2D eigenvalue weighted by Gasteiger charge is -2.20. The van der Waals surface area contributed by atoms with E-state index in [1.54, 1.807) is 6.07 Å². The largest absolute Gasteiger partial charge is 0.488 e. The first-order valence-electron chi connectivity index (χ1n) is 7.60. The van der Waals surface area contributed by atoms with E-state index in [0.717, 1.165) is 23.1 Å². The van der Waals surface area contributed by atoms with Crippen LogP contribution in [0.2, 0.25) is 5.02 Å². The van der Waals surface area contributed by atoms with Crippen LogP contribution in [0.4, 0.5) is 4.39 Å². The van der Waals surface area contributed by atoms with Crippen molar-refractivity contribution in [2.24, 2.45) is 5.73 Å². The second-order valence-corrected chi connectivity index (χ2v) is 6.56. The fourth-order valence-corrected chi connectivity index (χ4v) is 3.99. The molecule has 118 valence electrons. The van der Waals surface area contributed by atoms with Crippen molar-refractivity contribution < 1.29 is 13.9 Å². The quantitative estimate of drug-likeness (QED) is 0.914. The van der Waals surface area contributed by atoms with Gasteiger partial charge in [0.2, 0.25) is 0 Å². The molecular weight excluding hydrogens is 317 g/mol. The molecule has 1 amide bonds. The van der Waals surface area contributed by atoms with E-state index >= 15 is 0 Å². The molecule has 0 saturated carbocycles. The third kappa shape index (κ3) is 2.29. The van der Waals surface area contributed by atoms with E-state index in [9.17, 15) is 9.18 Å². The number of hydrogen-bond acceptors (Lipinski definition) is 2. The summed E-state index contributed by atoms with van der Waals surface area (Å²) < 4.78 is 20.1. The number of amides is 1. The second kappa shape index (κ2) is 5.24. The standard InChI is InChI=1S/C18H15ClFNO2/c19-10-7-14-11(15(20)8-10)4-5-12(14)16-6-9-2-1-3-13(18(21)22)17(9)23-16/h1-3,7-8,12,16H,4-6H2,(H2,21,22)/t12-,16?/m1/s1. The van der Waals surface area contributed by atoms with Crippen LogP contribution >= 0.6 is 11.6 Å². The lowest BCUT2D eigenvalue weighted by molar-refractivity contribution is 0.0994. The number of para-hydroxylation sites is 1. The Labute approximate surface area is 138 Å². The van der Waals surface area contributed by atoms with Gasteiger partial charge in [0.15, 0.2) is 0 Å². The van der Waals surface area contributed by atoms with Gasteiger partial charge in [-0.25, -0.2) is 4.39 Å². The summed E-state index contributed by atoms with van der Waals surface area (Å²) in [5.74, 6) is -0.0981. The average Bonchev–Trinajstić information content (AvgIpc) is 3.09. The molecule has 2 aliphatic rings. The molecule has 2 aromatic carbocycles. The highest BCUT2D eigenvalue weighted by Gasteiger charge is 2.37. The van der Waals surface area contributed by atoms with Crippen molar-refractivity contribution in [2.75, 3.05) is 0 Å². The number of ether oxygens (including phenoxy) is 1. The first-order valence-corrected chi connectivity index (χ1v) is 7.98. The molecular formula is C18H15ClFNO2. The summed E-state index contributed by atoms with van der Waals surface area (Å²) in [6.07, 6.45) is 2.07. The first kappa shape index (κ1) is 14.5. The Bertz CT molecular complexity index is 821. The molecule has 1 unspecified atom stereocenters. The molecule has 0 aromatic heterocycles. The number of rotatable bonds is 2. The second-order valence-electron chi connectivity index (χ2n) is 6.12. The highest BCUT2D eigenvalue weighted by atomic mass is 35.5. The van der Waals surface area contributed by atoms with Crippen LogP contribution in [0.1, 0.15) is 39.4 Å². The minimum Gasteiger partial charge on any atom is -0.488 e. The lowest BCUT2D eigenvalue weighted by atomic mass is 9.92. The molecule has 0 saturated heterocycles. The summed E-state index contributed by atoms with van der Waals surface area (Å²) in [5, 5.41) is 0.404. The van der Waals surface area contributed by atoms with Gasteiger partial charge < -0.3 is 10.5 Å². The number of benzene rings is 2. The van der Waals surface area contributed by atoms with Crippen LogP contribution in [0.5, 0.6) is 5.75 Å². The fraction of sp³-hybridized carbons (Fsp3) is 0.278. The molecule has 1 heterocycles. The van der Waals surface area contributed by atoms with E-state index in [1.807, 2.05) is 18.2 Å². The van der Waals surface area contributed by atoms with Gasteiger partial charge in [-0.15, -0.1) is 0 Å². The molecule has 5 heteroatoms. The number of carbonyl (C=O) groups excluding carboxylic acids is 1. The number of fused-ring (bicyclic) bond motifs is 2. The fourth-order valence-electron chi connectivity index (χ4n) is 3.77. The van der Waals surface area contributed by atoms with Gasteiger partial charge in [0, 0.05) is 17.4 Å². The monoisotopic (exact) mass is 331 g/mol. The van der Waals surface area contributed by atoms with Crippen molar-refractivity contribution in [3.63, 3.8) is 0 Å². The van der Waals surface area contributed by atoms with Gasteiger partial charge in [0.1, 0.15) is 17.7 Å². The molecule has 0 bridgehead atoms. The van der Waals surface area contributed by atoms with Gasteiger partial charge in [0.05, 0.1) is 5.56 Å². The Balaban J connectivity index is 1.69. The predicted molar refractivity (Wildman–Crippen MR) is 85.6 cm³/mol. The van der Waals surface area contributed by atoms with E-state index in [-0.39, 0.29) is 17.8 Å². The summed E-state index contributed by atoms with van der Waals surface area (Å²) in [7, 11) is 0. The van der Waals surface area contributed by atoms with Crippen LogP contribution in [0, 0.1) is 5.82 Å². The normalized spacial score (nSPS) is 21.7. The Hall–Kier alpha value is -2.07. The molecule has 2 N–H and O–H groups in total. The summed E-state index contributed by atoms with van der Waals surface area (Å²) in [4.78, 5) is 11.6. The molecule has 0 spiro atoms. The maximum atomic E-state index is 14.1. The molecule has 0 radical (unpaired) electrons. The van der Waals surface area contributed by atoms with Crippen molar-refractivity contribution in [1.29, 1.82) is 0 Å². The van der Waals surface area contributed by atoms with Gasteiger partial charge in [-0.05, 0) is 47.7 Å². The van der Waals surface area contributed by atoms with E-state index < -0.39 is 5.91 Å². The van der Waals surface area contributed by atoms with Crippen LogP contribution in [0.15, 0.2) is 30.3 Å². The van der Waals surface area contributed by atoms with Crippen molar-refractivity contribution in [1.82, 2.24) is 0 Å². The molecule has 23 heavy (non-hydrogen) atoms. The van der Waals surface area contributed by atoms with Crippen molar-refractivity contribution in [2.45, 2.75) is 31.3 Å². The zero-order valence-electron chi connectivity index (χ0n) is 12.3. The maximum absolute atomic E-state index is 14.1. The number of primary amides is 1. The SMILES string of the molecule is NC(=O)c1cccc2c1OC([C@@H]1CCc3c(F)cc(Cl)cc31)C2. The maximum Gasteiger partial charge on any atom is 0.252 e. The smallest absolute Gasteiger partial charge is 0.252 e. The average molecular weight is 332 g/mol. The van der Waals surface area contributed by atoms with Crippen LogP contribution in [-0.4, -0.2) is 12.0 Å². The summed E-state index contributed by atoms with van der Waals surface area (Å²) in [5.41, 5.74) is 8.45. The molecule has 2 atom stereocenters. The van der Waals surface area contributed by atoms with Crippen molar-refractivity contribution in [3.8, 4) is 5.75 Å². The molecule has 1 aliphatic heterocycles. The van der Waals surface area contributed by atoms with E-state index in [1.165, 1.54) is 6.07 Å². The van der Waals surface area contributed by atoms with E-state index in [2.05, 4.69) is 0 Å². The Morgan fingerprint density at radius 2 is 2.17 bits per heavy atom. The van der Waals surface area contributed by atoms with Crippen LogP contribution in [-0.2, 0) is 12.8 Å². The van der Waals surface area contributed by atoms with E-state index in [4.69, 9.17) is 22.1 Å². The third-order valence-corrected chi connectivity index (χ3v) is 5.02. The topological polar surface area (TPSA) is 52.3 Å².